The molecule has 1 aromatic carbocycles. The van der Waals surface area contributed by atoms with E-state index in [0.29, 0.717) is 19.0 Å². The van der Waals surface area contributed by atoms with Gasteiger partial charge in [-0.1, -0.05) is 0 Å². The van der Waals surface area contributed by atoms with Gasteiger partial charge in [-0.15, -0.1) is 0 Å². The highest BCUT2D eigenvalue weighted by molar-refractivity contribution is 6.16. The molecule has 0 aliphatic carbocycles. The first kappa shape index (κ1) is 11.4. The molecule has 0 fully saturated rings. The Morgan fingerprint density at radius 1 is 1.06 bits per heavy atom. The molecule has 1 aliphatic heterocycles. The molecule has 0 aromatic heterocycles. The van der Waals surface area contributed by atoms with Gasteiger partial charge >= 0.3 is 11.9 Å². The zero-order chi connectivity index (χ0) is 12.4. The van der Waals surface area contributed by atoms with Gasteiger partial charge in [0.25, 0.3) is 0 Å². The summed E-state index contributed by atoms with van der Waals surface area (Å²) in [5.74, 6) is -0.605. The van der Waals surface area contributed by atoms with Crippen molar-refractivity contribution in [3.05, 3.63) is 23.3 Å². The summed E-state index contributed by atoms with van der Waals surface area (Å²) in [6.07, 6.45) is 0. The van der Waals surface area contributed by atoms with Gasteiger partial charge in [0.15, 0.2) is 11.5 Å². The molecule has 17 heavy (non-hydrogen) atoms. The lowest BCUT2D eigenvalue weighted by Crippen LogP contribution is -2.04. The van der Waals surface area contributed by atoms with Crippen LogP contribution in [0.3, 0.4) is 0 Å². The fourth-order valence-electron chi connectivity index (χ4n) is 1.68. The van der Waals surface area contributed by atoms with Crippen LogP contribution >= 0.6 is 0 Å². The van der Waals surface area contributed by atoms with E-state index in [1.165, 1.54) is 6.07 Å². The monoisotopic (exact) mass is 236 g/mol. The SMILES string of the molecule is CCOc1ccc2c(c1OCC)C(=O)OC2=O. The van der Waals surface area contributed by atoms with Crippen LogP contribution in [-0.4, -0.2) is 25.2 Å². The molecule has 0 unspecified atom stereocenters. The number of benzene rings is 1. The number of fused-ring (bicyclic) bond motifs is 1. The van der Waals surface area contributed by atoms with Gasteiger partial charge < -0.3 is 14.2 Å². The standard InChI is InChI=1S/C12H12O5/c1-3-15-8-6-5-7-9(10(8)16-4-2)12(14)17-11(7)13/h5-6H,3-4H2,1-2H3. The first-order valence-corrected chi connectivity index (χ1v) is 5.38. The third kappa shape index (κ3) is 1.84. The Kier molecular flexibility index (Phi) is 2.99. The average molecular weight is 236 g/mol. The summed E-state index contributed by atoms with van der Waals surface area (Å²) in [4.78, 5) is 22.9. The maximum atomic E-state index is 11.5. The lowest BCUT2D eigenvalue weighted by atomic mass is 10.1. The van der Waals surface area contributed by atoms with Crippen molar-refractivity contribution in [3.63, 3.8) is 0 Å². The summed E-state index contributed by atoms with van der Waals surface area (Å²) < 4.78 is 15.3. The number of ether oxygens (including phenoxy) is 3. The van der Waals surface area contributed by atoms with Crippen LogP contribution in [0, 0.1) is 0 Å². The molecule has 0 atom stereocenters. The van der Waals surface area contributed by atoms with E-state index in [-0.39, 0.29) is 16.9 Å². The molecule has 5 nitrogen and oxygen atoms in total. The lowest BCUT2D eigenvalue weighted by molar-refractivity contribution is 0.0442. The summed E-state index contributed by atoms with van der Waals surface area (Å²) in [5.41, 5.74) is 0.379. The van der Waals surface area contributed by atoms with Crippen LogP contribution in [0.1, 0.15) is 34.6 Å². The molecule has 0 saturated carbocycles. The molecule has 2 rings (SSSR count). The van der Waals surface area contributed by atoms with E-state index in [4.69, 9.17) is 9.47 Å². The molecule has 5 heteroatoms. The second-order valence-corrected chi connectivity index (χ2v) is 3.36. The van der Waals surface area contributed by atoms with Crippen LogP contribution in [0.15, 0.2) is 12.1 Å². The van der Waals surface area contributed by atoms with Crippen molar-refractivity contribution < 1.29 is 23.8 Å². The van der Waals surface area contributed by atoms with Gasteiger partial charge in [0, 0.05) is 0 Å². The van der Waals surface area contributed by atoms with Crippen LogP contribution in [-0.2, 0) is 4.74 Å². The minimum Gasteiger partial charge on any atom is -0.490 e. The summed E-state index contributed by atoms with van der Waals surface area (Å²) in [5, 5.41) is 0. The van der Waals surface area contributed by atoms with Crippen molar-refractivity contribution in [2.24, 2.45) is 0 Å². The Balaban J connectivity index is 2.57. The van der Waals surface area contributed by atoms with Gasteiger partial charge in [0.1, 0.15) is 5.56 Å². The van der Waals surface area contributed by atoms with E-state index in [9.17, 15) is 9.59 Å². The molecule has 0 spiro atoms. The van der Waals surface area contributed by atoms with E-state index in [2.05, 4.69) is 4.74 Å². The van der Waals surface area contributed by atoms with E-state index in [0.717, 1.165) is 0 Å². The van der Waals surface area contributed by atoms with Crippen molar-refractivity contribution in [1.29, 1.82) is 0 Å². The molecule has 0 amide bonds. The van der Waals surface area contributed by atoms with E-state index >= 15 is 0 Å². The Morgan fingerprint density at radius 3 is 2.41 bits per heavy atom. The zero-order valence-corrected chi connectivity index (χ0v) is 9.61. The fourth-order valence-corrected chi connectivity index (χ4v) is 1.68. The summed E-state index contributed by atoms with van der Waals surface area (Å²) in [6.45, 7) is 4.43. The minimum absolute atomic E-state index is 0.155. The highest BCUT2D eigenvalue weighted by Gasteiger charge is 2.35. The second kappa shape index (κ2) is 4.45. The van der Waals surface area contributed by atoms with Gasteiger partial charge in [0.2, 0.25) is 0 Å². The van der Waals surface area contributed by atoms with Crippen LogP contribution < -0.4 is 9.47 Å². The maximum absolute atomic E-state index is 11.5. The molecular formula is C12H12O5. The average Bonchev–Trinajstić information content (AvgIpc) is 2.58. The number of hydrogen-bond acceptors (Lipinski definition) is 5. The predicted molar refractivity (Wildman–Crippen MR) is 58.5 cm³/mol. The Morgan fingerprint density at radius 2 is 1.76 bits per heavy atom. The quantitative estimate of drug-likeness (QED) is 0.589. The summed E-state index contributed by atoms with van der Waals surface area (Å²) >= 11 is 0. The molecular weight excluding hydrogens is 224 g/mol. The zero-order valence-electron chi connectivity index (χ0n) is 9.61. The molecule has 0 bridgehead atoms. The van der Waals surface area contributed by atoms with Crippen molar-refractivity contribution in [2.45, 2.75) is 13.8 Å². The molecule has 0 N–H and O–H groups in total. The molecule has 1 aliphatic rings. The first-order valence-electron chi connectivity index (χ1n) is 5.38. The van der Waals surface area contributed by atoms with Gasteiger partial charge in [-0.25, -0.2) is 9.59 Å². The molecule has 90 valence electrons. The molecule has 1 heterocycles. The van der Waals surface area contributed by atoms with Crippen LogP contribution in [0.2, 0.25) is 0 Å². The molecule has 0 saturated heterocycles. The van der Waals surface area contributed by atoms with Crippen molar-refractivity contribution in [1.82, 2.24) is 0 Å². The van der Waals surface area contributed by atoms with Gasteiger partial charge in [-0.05, 0) is 26.0 Å². The highest BCUT2D eigenvalue weighted by Crippen LogP contribution is 2.37. The number of rotatable bonds is 4. The second-order valence-electron chi connectivity index (χ2n) is 3.36. The van der Waals surface area contributed by atoms with E-state index in [1.807, 2.05) is 6.92 Å². The van der Waals surface area contributed by atoms with Gasteiger partial charge in [-0.2, -0.15) is 0 Å². The van der Waals surface area contributed by atoms with Crippen LogP contribution in [0.25, 0.3) is 0 Å². The third-order valence-electron chi connectivity index (χ3n) is 2.32. The highest BCUT2D eigenvalue weighted by atomic mass is 16.6. The normalized spacial score (nSPS) is 13.3. The van der Waals surface area contributed by atoms with Crippen molar-refractivity contribution >= 4 is 11.9 Å². The number of carbonyl (C=O) groups is 2. The van der Waals surface area contributed by atoms with Crippen molar-refractivity contribution in [2.75, 3.05) is 13.2 Å². The lowest BCUT2D eigenvalue weighted by Gasteiger charge is -2.12. The Hall–Kier alpha value is -2.04. The topological polar surface area (TPSA) is 61.8 Å². The maximum Gasteiger partial charge on any atom is 0.350 e. The van der Waals surface area contributed by atoms with Crippen LogP contribution in [0.5, 0.6) is 11.5 Å². The van der Waals surface area contributed by atoms with E-state index < -0.39 is 11.9 Å². The van der Waals surface area contributed by atoms with Crippen molar-refractivity contribution in [3.8, 4) is 11.5 Å². The van der Waals surface area contributed by atoms with E-state index in [1.54, 1.807) is 13.0 Å². The van der Waals surface area contributed by atoms with Gasteiger partial charge in [-0.3, -0.25) is 0 Å². The molecule has 0 radical (unpaired) electrons. The predicted octanol–water partition coefficient (Wildman–Crippen LogP) is 1.79. The number of cyclic esters (lactones) is 2. The number of carbonyl (C=O) groups excluding carboxylic acids is 2. The fraction of sp³-hybridized carbons (Fsp3) is 0.333. The summed E-state index contributed by atoms with van der Waals surface area (Å²) in [6, 6.07) is 3.11. The Bertz CT molecular complexity index is 478. The first-order chi connectivity index (χ1) is 8.19. The van der Waals surface area contributed by atoms with Gasteiger partial charge in [0.05, 0.1) is 18.8 Å². The number of esters is 2. The summed E-state index contributed by atoms with van der Waals surface area (Å²) in [7, 11) is 0. The van der Waals surface area contributed by atoms with Crippen LogP contribution in [0.4, 0.5) is 0 Å². The minimum atomic E-state index is -0.685. The third-order valence-corrected chi connectivity index (χ3v) is 2.32. The Labute approximate surface area is 98.3 Å². The largest absolute Gasteiger partial charge is 0.490 e. The molecule has 1 aromatic rings. The smallest absolute Gasteiger partial charge is 0.350 e. The number of hydrogen-bond donors (Lipinski definition) is 0.